The highest BCUT2D eigenvalue weighted by Crippen LogP contribution is 2.39. The summed E-state index contributed by atoms with van der Waals surface area (Å²) in [4.78, 5) is 0. The molecule has 1 unspecified atom stereocenters. The summed E-state index contributed by atoms with van der Waals surface area (Å²) >= 11 is 6.27. The van der Waals surface area contributed by atoms with Crippen molar-refractivity contribution in [3.05, 3.63) is 17.2 Å². The van der Waals surface area contributed by atoms with E-state index in [1.807, 2.05) is 6.07 Å². The molecule has 2 rings (SSSR count). The summed E-state index contributed by atoms with van der Waals surface area (Å²) in [7, 11) is 4.93. The van der Waals surface area contributed by atoms with Gasteiger partial charge in [-0.3, -0.25) is 0 Å². The van der Waals surface area contributed by atoms with Crippen LogP contribution in [-0.2, 0) is 4.74 Å². The molecule has 4 nitrogen and oxygen atoms in total. The molecule has 0 bridgehead atoms. The third-order valence-electron chi connectivity index (χ3n) is 3.35. The number of methoxy groups -OCH3 is 3. The van der Waals surface area contributed by atoms with Crippen LogP contribution in [-0.4, -0.2) is 34.0 Å². The van der Waals surface area contributed by atoms with Crippen LogP contribution in [0.25, 0.3) is 0 Å². The molecule has 1 aromatic carbocycles. The minimum Gasteiger partial charge on any atom is -0.493 e. The Kier molecular flexibility index (Phi) is 4.77. The molecule has 0 spiro atoms. The van der Waals surface area contributed by atoms with Crippen LogP contribution >= 0.6 is 11.6 Å². The number of benzene rings is 1. The molecule has 0 saturated heterocycles. The van der Waals surface area contributed by atoms with Crippen LogP contribution < -0.4 is 14.8 Å². The molecule has 1 N–H and O–H groups in total. The van der Waals surface area contributed by atoms with Crippen molar-refractivity contribution in [3.8, 4) is 11.5 Å². The fraction of sp³-hybridized carbons (Fsp3) is 0.571. The Morgan fingerprint density at radius 3 is 2.37 bits per heavy atom. The van der Waals surface area contributed by atoms with Gasteiger partial charge in [0.15, 0.2) is 11.5 Å². The molecule has 1 atom stereocenters. The summed E-state index contributed by atoms with van der Waals surface area (Å²) < 4.78 is 15.8. The van der Waals surface area contributed by atoms with Crippen molar-refractivity contribution in [1.82, 2.24) is 0 Å². The quantitative estimate of drug-likeness (QED) is 0.835. The van der Waals surface area contributed by atoms with E-state index in [1.165, 1.54) is 12.8 Å². The average Bonchev–Trinajstić information content (AvgIpc) is 3.24. The molecule has 0 aliphatic heterocycles. The topological polar surface area (TPSA) is 39.7 Å². The Morgan fingerprint density at radius 1 is 1.21 bits per heavy atom. The van der Waals surface area contributed by atoms with Gasteiger partial charge in [-0.15, -0.1) is 0 Å². The predicted octanol–water partition coefficient (Wildman–Crippen LogP) is 3.19. The van der Waals surface area contributed by atoms with Crippen molar-refractivity contribution in [1.29, 1.82) is 0 Å². The summed E-state index contributed by atoms with van der Waals surface area (Å²) in [6.07, 6.45) is 2.48. The maximum atomic E-state index is 6.27. The third kappa shape index (κ3) is 3.45. The van der Waals surface area contributed by atoms with E-state index in [-0.39, 0.29) is 0 Å². The summed E-state index contributed by atoms with van der Waals surface area (Å²) in [5, 5.41) is 4.07. The molecule has 1 fully saturated rings. The van der Waals surface area contributed by atoms with Crippen LogP contribution in [0.4, 0.5) is 5.69 Å². The molecule has 0 radical (unpaired) electrons. The molecule has 0 heterocycles. The number of ether oxygens (including phenoxy) is 3. The van der Waals surface area contributed by atoms with Gasteiger partial charge in [-0.05, 0) is 18.8 Å². The van der Waals surface area contributed by atoms with Crippen molar-refractivity contribution in [2.75, 3.05) is 33.3 Å². The van der Waals surface area contributed by atoms with Crippen molar-refractivity contribution < 1.29 is 14.2 Å². The molecular formula is C14H20ClNO3. The lowest BCUT2D eigenvalue weighted by atomic mass is 10.1. The number of anilines is 1. The van der Waals surface area contributed by atoms with Crippen LogP contribution in [0.1, 0.15) is 12.8 Å². The monoisotopic (exact) mass is 285 g/mol. The fourth-order valence-corrected chi connectivity index (χ4v) is 2.35. The van der Waals surface area contributed by atoms with E-state index in [4.69, 9.17) is 25.8 Å². The Labute approximate surface area is 119 Å². The van der Waals surface area contributed by atoms with Crippen molar-refractivity contribution in [2.45, 2.75) is 18.9 Å². The highest BCUT2D eigenvalue weighted by atomic mass is 35.5. The van der Waals surface area contributed by atoms with Crippen LogP contribution in [0.15, 0.2) is 12.1 Å². The van der Waals surface area contributed by atoms with Gasteiger partial charge in [0.05, 0.1) is 37.6 Å². The Hall–Kier alpha value is -1.13. The summed E-state index contributed by atoms with van der Waals surface area (Å²) in [5.74, 6) is 1.97. The fourth-order valence-electron chi connectivity index (χ4n) is 2.14. The molecule has 5 heteroatoms. The molecule has 19 heavy (non-hydrogen) atoms. The minimum absolute atomic E-state index is 0.292. The smallest absolute Gasteiger partial charge is 0.162 e. The van der Waals surface area contributed by atoms with E-state index in [9.17, 15) is 0 Å². The summed E-state index contributed by atoms with van der Waals surface area (Å²) in [5.41, 5.74) is 0.855. The molecule has 0 amide bonds. The first kappa shape index (κ1) is 14.3. The van der Waals surface area contributed by atoms with E-state index in [0.29, 0.717) is 35.1 Å². The van der Waals surface area contributed by atoms with Gasteiger partial charge in [0.2, 0.25) is 0 Å². The van der Waals surface area contributed by atoms with Gasteiger partial charge in [0, 0.05) is 19.2 Å². The van der Waals surface area contributed by atoms with E-state index in [2.05, 4.69) is 5.32 Å². The zero-order valence-electron chi connectivity index (χ0n) is 11.5. The maximum Gasteiger partial charge on any atom is 0.162 e. The number of halogens is 1. The highest BCUT2D eigenvalue weighted by molar-refractivity contribution is 6.33. The molecule has 1 aliphatic rings. The molecule has 106 valence electrons. The molecule has 0 aromatic heterocycles. The van der Waals surface area contributed by atoms with E-state index in [0.717, 1.165) is 5.69 Å². The number of hydrogen-bond acceptors (Lipinski definition) is 4. The summed E-state index contributed by atoms with van der Waals surface area (Å²) in [6.45, 7) is 0.676. The Morgan fingerprint density at radius 2 is 1.84 bits per heavy atom. The second kappa shape index (κ2) is 6.35. The normalized spacial score (nSPS) is 16.0. The lowest BCUT2D eigenvalue weighted by Gasteiger charge is -2.20. The minimum atomic E-state index is 0.292. The van der Waals surface area contributed by atoms with Gasteiger partial charge < -0.3 is 19.5 Å². The SMILES string of the molecule is COCC(Nc1cc(OC)c(OC)cc1Cl)C1CC1. The van der Waals surface area contributed by atoms with Crippen molar-refractivity contribution in [3.63, 3.8) is 0 Å². The highest BCUT2D eigenvalue weighted by Gasteiger charge is 2.31. The van der Waals surface area contributed by atoms with E-state index < -0.39 is 0 Å². The van der Waals surface area contributed by atoms with Crippen molar-refractivity contribution in [2.24, 2.45) is 5.92 Å². The molecule has 1 aliphatic carbocycles. The second-order valence-corrected chi connectivity index (χ2v) is 5.14. The lowest BCUT2D eigenvalue weighted by Crippen LogP contribution is -2.27. The van der Waals surface area contributed by atoms with Crippen LogP contribution in [0.2, 0.25) is 5.02 Å². The Bertz CT molecular complexity index is 435. The van der Waals surface area contributed by atoms with Crippen LogP contribution in [0.5, 0.6) is 11.5 Å². The van der Waals surface area contributed by atoms with E-state index >= 15 is 0 Å². The van der Waals surface area contributed by atoms with Gasteiger partial charge in [-0.2, -0.15) is 0 Å². The first-order valence-electron chi connectivity index (χ1n) is 6.36. The van der Waals surface area contributed by atoms with E-state index in [1.54, 1.807) is 27.4 Å². The van der Waals surface area contributed by atoms with Gasteiger partial charge in [-0.25, -0.2) is 0 Å². The third-order valence-corrected chi connectivity index (χ3v) is 3.66. The predicted molar refractivity (Wildman–Crippen MR) is 76.6 cm³/mol. The standard InChI is InChI=1S/C14H20ClNO3/c1-17-8-12(9-4-5-9)16-11-7-14(19-3)13(18-2)6-10(11)15/h6-7,9,12,16H,4-5,8H2,1-3H3. The first-order chi connectivity index (χ1) is 9.19. The molecule has 1 saturated carbocycles. The van der Waals surface area contributed by atoms with Gasteiger partial charge in [-0.1, -0.05) is 11.6 Å². The lowest BCUT2D eigenvalue weighted by molar-refractivity contribution is 0.179. The second-order valence-electron chi connectivity index (χ2n) is 4.73. The summed E-state index contributed by atoms with van der Waals surface area (Å²) in [6, 6.07) is 3.92. The van der Waals surface area contributed by atoms with Crippen molar-refractivity contribution >= 4 is 17.3 Å². The van der Waals surface area contributed by atoms with Gasteiger partial charge in [0.1, 0.15) is 0 Å². The zero-order valence-corrected chi connectivity index (χ0v) is 12.3. The molecule has 1 aromatic rings. The van der Waals surface area contributed by atoms with Crippen LogP contribution in [0.3, 0.4) is 0 Å². The maximum absolute atomic E-state index is 6.27. The molecular weight excluding hydrogens is 266 g/mol. The van der Waals surface area contributed by atoms with Gasteiger partial charge >= 0.3 is 0 Å². The average molecular weight is 286 g/mol. The number of rotatable bonds is 7. The first-order valence-corrected chi connectivity index (χ1v) is 6.74. The number of hydrogen-bond donors (Lipinski definition) is 1. The Balaban J connectivity index is 2.18. The largest absolute Gasteiger partial charge is 0.493 e. The zero-order chi connectivity index (χ0) is 13.8. The number of nitrogens with one attached hydrogen (secondary N) is 1. The van der Waals surface area contributed by atoms with Gasteiger partial charge in [0.25, 0.3) is 0 Å². The van der Waals surface area contributed by atoms with Crippen LogP contribution in [0, 0.1) is 5.92 Å².